The fourth-order valence-electron chi connectivity index (χ4n) is 2.48. The predicted octanol–water partition coefficient (Wildman–Crippen LogP) is 2.81. The van der Waals surface area contributed by atoms with Gasteiger partial charge in [-0.05, 0) is 39.7 Å². The zero-order chi connectivity index (χ0) is 15.0. The van der Waals surface area contributed by atoms with Crippen molar-refractivity contribution in [2.45, 2.75) is 57.8 Å². The average molecular weight is 296 g/mol. The second kappa shape index (κ2) is 8.85. The lowest BCUT2D eigenvalue weighted by molar-refractivity contribution is -0.174. The summed E-state index contributed by atoms with van der Waals surface area (Å²) in [6.45, 7) is 6.11. The second-order valence-electron chi connectivity index (χ2n) is 5.76. The van der Waals surface area contributed by atoms with E-state index in [1.54, 1.807) is 0 Å². The fraction of sp³-hybridized carbons (Fsp3) is 1.00. The highest BCUT2D eigenvalue weighted by atomic mass is 19.4. The van der Waals surface area contributed by atoms with E-state index in [4.69, 9.17) is 0 Å². The van der Waals surface area contributed by atoms with Crippen LogP contribution in [0.15, 0.2) is 0 Å². The first-order valence-electron chi connectivity index (χ1n) is 7.50. The monoisotopic (exact) mass is 296 g/mol. The van der Waals surface area contributed by atoms with Crippen LogP contribution in [0.2, 0.25) is 0 Å². The van der Waals surface area contributed by atoms with Crippen LogP contribution in [0.25, 0.3) is 0 Å². The van der Waals surface area contributed by atoms with Crippen molar-refractivity contribution in [3.8, 4) is 0 Å². The Morgan fingerprint density at radius 3 is 2.60 bits per heavy atom. The molecule has 1 rings (SSSR count). The van der Waals surface area contributed by atoms with Crippen molar-refractivity contribution in [3.63, 3.8) is 0 Å². The van der Waals surface area contributed by atoms with Gasteiger partial charge in [-0.15, -0.1) is 0 Å². The molecular weight excluding hydrogens is 269 g/mol. The molecule has 3 nitrogen and oxygen atoms in total. The lowest BCUT2D eigenvalue weighted by Crippen LogP contribution is -2.46. The van der Waals surface area contributed by atoms with Crippen molar-refractivity contribution in [2.75, 3.05) is 32.8 Å². The van der Waals surface area contributed by atoms with Crippen LogP contribution in [-0.4, -0.2) is 56.0 Å². The molecule has 0 bridgehead atoms. The van der Waals surface area contributed by atoms with Crippen LogP contribution in [0, 0.1) is 0 Å². The highest BCUT2D eigenvalue weighted by molar-refractivity contribution is 4.77. The van der Waals surface area contributed by atoms with E-state index in [1.807, 2.05) is 0 Å². The molecule has 1 fully saturated rings. The maximum Gasteiger partial charge on any atom is 0.411 e. The standard InChI is InChI=1S/C14H27F3N2O/c1-12(2)19(10-13-6-3-4-7-18-13)8-5-9-20-11-14(15,16)17/h12-13,18H,3-11H2,1-2H3. The van der Waals surface area contributed by atoms with Gasteiger partial charge < -0.3 is 10.1 Å². The molecule has 1 aliphatic rings. The predicted molar refractivity (Wildman–Crippen MR) is 73.8 cm³/mol. The van der Waals surface area contributed by atoms with Gasteiger partial charge in [-0.2, -0.15) is 13.2 Å². The number of ether oxygens (including phenoxy) is 1. The summed E-state index contributed by atoms with van der Waals surface area (Å²) in [5.41, 5.74) is 0. The molecule has 1 N–H and O–H groups in total. The Labute approximate surface area is 119 Å². The summed E-state index contributed by atoms with van der Waals surface area (Å²) in [6, 6.07) is 0.920. The minimum atomic E-state index is -4.22. The fourth-order valence-corrected chi connectivity index (χ4v) is 2.48. The summed E-state index contributed by atoms with van der Waals surface area (Å²) >= 11 is 0. The molecule has 0 saturated carbocycles. The van der Waals surface area contributed by atoms with Crippen molar-refractivity contribution in [2.24, 2.45) is 0 Å². The number of nitrogens with zero attached hydrogens (tertiary/aromatic N) is 1. The Hall–Kier alpha value is -0.330. The van der Waals surface area contributed by atoms with Crippen LogP contribution >= 0.6 is 0 Å². The highest BCUT2D eigenvalue weighted by Gasteiger charge is 2.27. The van der Waals surface area contributed by atoms with Gasteiger partial charge in [0.25, 0.3) is 0 Å². The number of hydrogen-bond acceptors (Lipinski definition) is 3. The first-order valence-corrected chi connectivity index (χ1v) is 7.50. The molecule has 0 amide bonds. The van der Waals surface area contributed by atoms with Gasteiger partial charge in [0.05, 0.1) is 0 Å². The van der Waals surface area contributed by atoms with Gasteiger partial charge in [0, 0.05) is 31.8 Å². The molecule has 0 aromatic carbocycles. The van der Waals surface area contributed by atoms with Gasteiger partial charge in [0.15, 0.2) is 0 Å². The van der Waals surface area contributed by atoms with Gasteiger partial charge in [0.2, 0.25) is 0 Å². The van der Waals surface area contributed by atoms with E-state index in [2.05, 4.69) is 28.8 Å². The molecule has 0 radical (unpaired) electrons. The minimum absolute atomic E-state index is 0.167. The zero-order valence-corrected chi connectivity index (χ0v) is 12.5. The summed E-state index contributed by atoms with van der Waals surface area (Å²) in [5, 5.41) is 3.50. The van der Waals surface area contributed by atoms with Crippen LogP contribution in [0.1, 0.15) is 39.5 Å². The summed E-state index contributed by atoms with van der Waals surface area (Å²) < 4.78 is 40.5. The SMILES string of the molecule is CC(C)N(CCCOCC(F)(F)F)CC1CCCCN1. The number of nitrogens with one attached hydrogen (secondary N) is 1. The van der Waals surface area contributed by atoms with E-state index in [9.17, 15) is 13.2 Å². The van der Waals surface area contributed by atoms with Crippen LogP contribution in [0.5, 0.6) is 0 Å². The number of hydrogen-bond donors (Lipinski definition) is 1. The quantitative estimate of drug-likeness (QED) is 0.697. The molecule has 1 aliphatic heterocycles. The maximum absolute atomic E-state index is 11.9. The van der Waals surface area contributed by atoms with E-state index >= 15 is 0 Å². The number of halogens is 3. The average Bonchev–Trinajstić information content (AvgIpc) is 2.36. The lowest BCUT2D eigenvalue weighted by atomic mass is 10.0. The Bertz CT molecular complexity index is 253. The Balaban J connectivity index is 2.18. The number of rotatable bonds is 8. The highest BCUT2D eigenvalue weighted by Crippen LogP contribution is 2.15. The number of alkyl halides is 3. The molecule has 1 saturated heterocycles. The molecule has 0 aromatic rings. The van der Waals surface area contributed by atoms with Gasteiger partial charge in [-0.25, -0.2) is 0 Å². The van der Waals surface area contributed by atoms with Crippen molar-refractivity contribution >= 4 is 0 Å². The van der Waals surface area contributed by atoms with Crippen LogP contribution in [-0.2, 0) is 4.74 Å². The molecule has 120 valence electrons. The molecule has 0 aliphatic carbocycles. The van der Waals surface area contributed by atoms with E-state index in [0.29, 0.717) is 18.5 Å². The molecule has 6 heteroatoms. The lowest BCUT2D eigenvalue weighted by Gasteiger charge is -2.33. The molecular formula is C14H27F3N2O. The number of piperidine rings is 1. The van der Waals surface area contributed by atoms with Crippen molar-refractivity contribution < 1.29 is 17.9 Å². The first-order chi connectivity index (χ1) is 9.38. The maximum atomic E-state index is 11.9. The third-order valence-corrected chi connectivity index (χ3v) is 3.60. The van der Waals surface area contributed by atoms with Gasteiger partial charge >= 0.3 is 6.18 Å². The normalized spacial score (nSPS) is 20.9. The molecule has 0 spiro atoms. The van der Waals surface area contributed by atoms with Crippen LogP contribution < -0.4 is 5.32 Å². The van der Waals surface area contributed by atoms with E-state index in [0.717, 1.165) is 19.6 Å². The summed E-state index contributed by atoms with van der Waals surface area (Å²) in [4.78, 5) is 2.32. The third-order valence-electron chi connectivity index (χ3n) is 3.60. The van der Waals surface area contributed by atoms with Gasteiger partial charge in [-0.3, -0.25) is 4.90 Å². The molecule has 20 heavy (non-hydrogen) atoms. The second-order valence-corrected chi connectivity index (χ2v) is 5.76. The zero-order valence-electron chi connectivity index (χ0n) is 12.5. The summed E-state index contributed by atoms with van der Waals surface area (Å²) in [5.74, 6) is 0. The van der Waals surface area contributed by atoms with E-state index in [1.165, 1.54) is 19.3 Å². The van der Waals surface area contributed by atoms with Crippen LogP contribution in [0.4, 0.5) is 13.2 Å². The summed E-state index contributed by atoms with van der Waals surface area (Å²) in [6.07, 6.45) is 0.111. The van der Waals surface area contributed by atoms with Crippen molar-refractivity contribution in [1.82, 2.24) is 10.2 Å². The smallest absolute Gasteiger partial charge is 0.372 e. The topological polar surface area (TPSA) is 24.5 Å². The Morgan fingerprint density at radius 2 is 2.05 bits per heavy atom. The van der Waals surface area contributed by atoms with Crippen LogP contribution in [0.3, 0.4) is 0 Å². The largest absolute Gasteiger partial charge is 0.411 e. The van der Waals surface area contributed by atoms with Crippen molar-refractivity contribution in [1.29, 1.82) is 0 Å². The minimum Gasteiger partial charge on any atom is -0.372 e. The first kappa shape index (κ1) is 17.7. The van der Waals surface area contributed by atoms with Gasteiger partial charge in [-0.1, -0.05) is 6.42 Å². The van der Waals surface area contributed by atoms with Gasteiger partial charge in [0.1, 0.15) is 6.61 Å². The molecule has 0 aromatic heterocycles. The van der Waals surface area contributed by atoms with E-state index in [-0.39, 0.29) is 6.61 Å². The molecule has 1 heterocycles. The Morgan fingerprint density at radius 1 is 1.30 bits per heavy atom. The summed E-state index contributed by atoms with van der Waals surface area (Å²) in [7, 11) is 0. The van der Waals surface area contributed by atoms with Crippen molar-refractivity contribution in [3.05, 3.63) is 0 Å². The third kappa shape index (κ3) is 8.07. The van der Waals surface area contributed by atoms with E-state index < -0.39 is 12.8 Å². The molecule has 1 unspecified atom stereocenters. The Kier molecular flexibility index (Phi) is 7.84. The molecule has 1 atom stereocenters.